The van der Waals surface area contributed by atoms with Crippen molar-refractivity contribution in [2.45, 2.75) is 71.9 Å². The topological polar surface area (TPSA) is 55.8 Å². The van der Waals surface area contributed by atoms with Crippen LogP contribution in [0.5, 0.6) is 0 Å². The Morgan fingerprint density at radius 2 is 1.56 bits per heavy atom. The summed E-state index contributed by atoms with van der Waals surface area (Å²) in [6.07, 6.45) is 2.51. The summed E-state index contributed by atoms with van der Waals surface area (Å²) in [5.41, 5.74) is 0. The fourth-order valence-electron chi connectivity index (χ4n) is 1.36. The van der Waals surface area contributed by atoms with Crippen molar-refractivity contribution in [1.29, 1.82) is 0 Å². The predicted octanol–water partition coefficient (Wildman–Crippen LogP) is 2.81. The average molecular weight is 232 g/mol. The number of hydrogen-bond acceptors (Lipinski definition) is 3. The van der Waals surface area contributed by atoms with E-state index in [0.29, 0.717) is 6.42 Å². The smallest absolute Gasteiger partial charge is 0.303 e. The van der Waals surface area contributed by atoms with Crippen LogP contribution in [0.4, 0.5) is 0 Å². The van der Waals surface area contributed by atoms with Gasteiger partial charge in [0.1, 0.15) is 0 Å². The van der Waals surface area contributed by atoms with E-state index in [4.69, 9.17) is 14.6 Å². The van der Waals surface area contributed by atoms with Crippen LogP contribution in [0.15, 0.2) is 0 Å². The highest BCUT2D eigenvalue weighted by Crippen LogP contribution is 2.12. The standard InChI is InChI=1S/C12H24O4/c1-9(2)15-12(16-10(3)4)8-6-5-7-11(13)14/h9-10,12H,5-8H2,1-4H3,(H,13,14). The summed E-state index contributed by atoms with van der Waals surface area (Å²) in [5.74, 6) is -0.744. The normalized spacial score (nSPS) is 11.7. The summed E-state index contributed by atoms with van der Waals surface area (Å²) in [6, 6.07) is 0. The van der Waals surface area contributed by atoms with Gasteiger partial charge in [-0.3, -0.25) is 4.79 Å². The van der Waals surface area contributed by atoms with E-state index in [0.717, 1.165) is 12.8 Å². The number of hydrogen-bond donors (Lipinski definition) is 1. The van der Waals surface area contributed by atoms with Crippen molar-refractivity contribution in [1.82, 2.24) is 0 Å². The molecule has 0 aromatic heterocycles. The van der Waals surface area contributed by atoms with E-state index in [2.05, 4.69) is 0 Å². The second-order valence-electron chi connectivity index (χ2n) is 4.44. The molecule has 0 aromatic carbocycles. The molecule has 4 nitrogen and oxygen atoms in total. The Morgan fingerprint density at radius 1 is 1.06 bits per heavy atom. The number of rotatable bonds is 9. The van der Waals surface area contributed by atoms with Crippen LogP contribution in [0, 0.1) is 0 Å². The highest BCUT2D eigenvalue weighted by Gasteiger charge is 2.13. The van der Waals surface area contributed by atoms with Crippen LogP contribution in [-0.2, 0) is 14.3 Å². The Bertz CT molecular complexity index is 179. The van der Waals surface area contributed by atoms with Crippen molar-refractivity contribution >= 4 is 5.97 Å². The Hall–Kier alpha value is -0.610. The van der Waals surface area contributed by atoms with Crippen LogP contribution in [0.3, 0.4) is 0 Å². The maximum atomic E-state index is 10.3. The van der Waals surface area contributed by atoms with Gasteiger partial charge >= 0.3 is 5.97 Å². The molecule has 0 rings (SSSR count). The number of unbranched alkanes of at least 4 members (excludes halogenated alkanes) is 1. The Kier molecular flexibility index (Phi) is 8.21. The zero-order chi connectivity index (χ0) is 12.6. The first kappa shape index (κ1) is 15.4. The zero-order valence-electron chi connectivity index (χ0n) is 10.7. The van der Waals surface area contributed by atoms with Gasteiger partial charge in [-0.25, -0.2) is 0 Å². The molecule has 96 valence electrons. The lowest BCUT2D eigenvalue weighted by Gasteiger charge is -2.22. The second-order valence-corrected chi connectivity index (χ2v) is 4.44. The van der Waals surface area contributed by atoms with Crippen molar-refractivity contribution in [3.63, 3.8) is 0 Å². The Morgan fingerprint density at radius 3 is 1.94 bits per heavy atom. The van der Waals surface area contributed by atoms with Gasteiger partial charge in [0.05, 0.1) is 12.2 Å². The fraction of sp³-hybridized carbons (Fsp3) is 0.917. The van der Waals surface area contributed by atoms with Crippen molar-refractivity contribution in [2.24, 2.45) is 0 Å². The summed E-state index contributed by atoms with van der Waals surface area (Å²) in [6.45, 7) is 7.86. The van der Waals surface area contributed by atoms with Gasteiger partial charge < -0.3 is 14.6 Å². The van der Waals surface area contributed by atoms with Gasteiger partial charge in [-0.15, -0.1) is 0 Å². The number of carboxylic acid groups (broad SMARTS) is 1. The van der Waals surface area contributed by atoms with Crippen LogP contribution >= 0.6 is 0 Å². The minimum Gasteiger partial charge on any atom is -0.481 e. The first-order valence-corrected chi connectivity index (χ1v) is 5.94. The molecule has 0 atom stereocenters. The molecule has 0 aromatic rings. The maximum Gasteiger partial charge on any atom is 0.303 e. The van der Waals surface area contributed by atoms with Gasteiger partial charge in [-0.05, 0) is 47.0 Å². The lowest BCUT2D eigenvalue weighted by Crippen LogP contribution is -2.24. The van der Waals surface area contributed by atoms with Crippen LogP contribution in [0.2, 0.25) is 0 Å². The molecular weight excluding hydrogens is 208 g/mol. The summed E-state index contributed by atoms with van der Waals surface area (Å²) in [4.78, 5) is 10.3. The van der Waals surface area contributed by atoms with E-state index in [1.807, 2.05) is 27.7 Å². The molecule has 0 bridgehead atoms. The molecule has 0 heterocycles. The molecule has 0 fully saturated rings. The van der Waals surface area contributed by atoms with E-state index in [1.165, 1.54) is 0 Å². The van der Waals surface area contributed by atoms with Gasteiger partial charge in [0.2, 0.25) is 0 Å². The van der Waals surface area contributed by atoms with Crippen LogP contribution in [0.1, 0.15) is 53.4 Å². The monoisotopic (exact) mass is 232 g/mol. The number of ether oxygens (including phenoxy) is 2. The first-order chi connectivity index (χ1) is 7.41. The molecule has 0 saturated heterocycles. The van der Waals surface area contributed by atoms with Crippen LogP contribution in [0.25, 0.3) is 0 Å². The quantitative estimate of drug-likeness (QED) is 0.490. The molecule has 0 aliphatic rings. The van der Waals surface area contributed by atoms with Gasteiger partial charge in [0.15, 0.2) is 6.29 Å². The minimum absolute atomic E-state index is 0.128. The summed E-state index contributed by atoms with van der Waals surface area (Å²) < 4.78 is 11.2. The number of carboxylic acids is 1. The highest BCUT2D eigenvalue weighted by atomic mass is 16.7. The first-order valence-electron chi connectivity index (χ1n) is 5.94. The van der Waals surface area contributed by atoms with E-state index in [9.17, 15) is 4.79 Å². The molecule has 0 saturated carbocycles. The molecule has 4 heteroatoms. The lowest BCUT2D eigenvalue weighted by molar-refractivity contribution is -0.184. The van der Waals surface area contributed by atoms with Crippen molar-refractivity contribution in [2.75, 3.05) is 0 Å². The largest absolute Gasteiger partial charge is 0.481 e. The third-order valence-electron chi connectivity index (χ3n) is 1.93. The third-order valence-corrected chi connectivity index (χ3v) is 1.93. The summed E-state index contributed by atoms with van der Waals surface area (Å²) in [5, 5.41) is 8.51. The molecular formula is C12H24O4. The summed E-state index contributed by atoms with van der Waals surface area (Å²) in [7, 11) is 0. The Labute approximate surface area is 97.9 Å². The SMILES string of the molecule is CC(C)OC(CCCCC(=O)O)OC(C)C. The number of aliphatic carboxylic acids is 1. The van der Waals surface area contributed by atoms with Crippen molar-refractivity contribution < 1.29 is 19.4 Å². The molecule has 0 radical (unpaired) electrons. The molecule has 1 N–H and O–H groups in total. The van der Waals surface area contributed by atoms with Gasteiger partial charge in [-0.2, -0.15) is 0 Å². The van der Waals surface area contributed by atoms with Crippen molar-refractivity contribution in [3.05, 3.63) is 0 Å². The molecule has 16 heavy (non-hydrogen) atoms. The van der Waals surface area contributed by atoms with Gasteiger partial charge in [-0.1, -0.05) is 0 Å². The maximum absolute atomic E-state index is 10.3. The lowest BCUT2D eigenvalue weighted by atomic mass is 10.2. The average Bonchev–Trinajstić information content (AvgIpc) is 2.09. The van der Waals surface area contributed by atoms with Gasteiger partial charge in [0, 0.05) is 6.42 Å². The Balaban J connectivity index is 3.77. The zero-order valence-corrected chi connectivity index (χ0v) is 10.7. The summed E-state index contributed by atoms with van der Waals surface area (Å²) >= 11 is 0. The molecule has 0 spiro atoms. The van der Waals surface area contributed by atoms with Crippen LogP contribution in [-0.4, -0.2) is 29.6 Å². The van der Waals surface area contributed by atoms with Crippen molar-refractivity contribution in [3.8, 4) is 0 Å². The van der Waals surface area contributed by atoms with E-state index < -0.39 is 5.97 Å². The predicted molar refractivity (Wildman–Crippen MR) is 62.3 cm³/mol. The number of carbonyl (C=O) groups is 1. The van der Waals surface area contributed by atoms with E-state index in [-0.39, 0.29) is 24.9 Å². The molecule has 0 amide bonds. The van der Waals surface area contributed by atoms with Gasteiger partial charge in [0.25, 0.3) is 0 Å². The van der Waals surface area contributed by atoms with Crippen LogP contribution < -0.4 is 0 Å². The second kappa shape index (κ2) is 8.53. The minimum atomic E-state index is -0.744. The fourth-order valence-corrected chi connectivity index (χ4v) is 1.36. The van der Waals surface area contributed by atoms with E-state index in [1.54, 1.807) is 0 Å². The molecule has 0 unspecified atom stereocenters. The third kappa shape index (κ3) is 9.93. The highest BCUT2D eigenvalue weighted by molar-refractivity contribution is 5.66. The molecule has 0 aliphatic carbocycles. The molecule has 0 aliphatic heterocycles. The van der Waals surface area contributed by atoms with E-state index >= 15 is 0 Å².